The molecule has 1 aromatic heterocycles. The van der Waals surface area contributed by atoms with Crippen LogP contribution in [0.15, 0.2) is 6.20 Å². The van der Waals surface area contributed by atoms with Gasteiger partial charge in [0.25, 0.3) is 0 Å². The van der Waals surface area contributed by atoms with Crippen molar-refractivity contribution in [3.63, 3.8) is 0 Å². The Labute approximate surface area is 123 Å². The van der Waals surface area contributed by atoms with E-state index in [1.165, 1.54) is 22.6 Å². The monoisotopic (exact) mass is 406 g/mol. The molecule has 0 amide bonds. The molecule has 0 N–H and O–H groups in total. The molecule has 0 aliphatic rings. The molecule has 0 saturated carbocycles. The van der Waals surface area contributed by atoms with Gasteiger partial charge in [0.05, 0.1) is 30.3 Å². The second-order valence-electron chi connectivity index (χ2n) is 3.29. The summed E-state index contributed by atoms with van der Waals surface area (Å²) in [6.45, 7) is 0. The van der Waals surface area contributed by atoms with Crippen molar-refractivity contribution in [2.75, 3.05) is 7.11 Å². The number of hydrogen-bond acceptors (Lipinski definition) is 6. The molecule has 0 bridgehead atoms. The average molecular weight is 406 g/mol. The summed E-state index contributed by atoms with van der Waals surface area (Å²) in [5, 5.41) is 10.8. The van der Waals surface area contributed by atoms with Gasteiger partial charge in [-0.05, 0) is 22.6 Å². The van der Waals surface area contributed by atoms with E-state index in [2.05, 4.69) is 14.5 Å². The Kier molecular flexibility index (Phi) is 5.08. The van der Waals surface area contributed by atoms with Crippen LogP contribution in [-0.2, 0) is 16.0 Å². The summed E-state index contributed by atoms with van der Waals surface area (Å²) < 4.78 is 44.1. The first-order chi connectivity index (χ1) is 9.15. The standard InChI is InChI=1S/C9H6F3IN2O5/c1-19-6(16)2-4-7(13)8(15(17)18)5(3-14-4)20-9(10,11)12/h3H,2H2,1H3. The highest BCUT2D eigenvalue weighted by Crippen LogP contribution is 2.36. The fourth-order valence-electron chi connectivity index (χ4n) is 1.20. The number of nitrogens with zero attached hydrogens (tertiary/aromatic N) is 2. The third kappa shape index (κ3) is 4.18. The lowest BCUT2D eigenvalue weighted by Gasteiger charge is -2.11. The number of hydrogen-bond donors (Lipinski definition) is 0. The Balaban J connectivity index is 3.27. The molecule has 11 heteroatoms. The molecule has 0 unspecified atom stereocenters. The Morgan fingerprint density at radius 3 is 2.60 bits per heavy atom. The maximum absolute atomic E-state index is 12.1. The maximum atomic E-state index is 12.1. The zero-order valence-electron chi connectivity index (χ0n) is 9.73. The predicted molar refractivity (Wildman–Crippen MR) is 66.0 cm³/mol. The van der Waals surface area contributed by atoms with Crippen molar-refractivity contribution < 1.29 is 32.4 Å². The van der Waals surface area contributed by atoms with Gasteiger partial charge in [-0.1, -0.05) is 0 Å². The second kappa shape index (κ2) is 6.19. The lowest BCUT2D eigenvalue weighted by molar-refractivity contribution is -0.389. The van der Waals surface area contributed by atoms with Gasteiger partial charge < -0.3 is 9.47 Å². The molecule has 0 atom stereocenters. The summed E-state index contributed by atoms with van der Waals surface area (Å²) in [5.41, 5.74) is -0.976. The summed E-state index contributed by atoms with van der Waals surface area (Å²) in [7, 11) is 1.10. The van der Waals surface area contributed by atoms with Crippen LogP contribution in [-0.4, -0.2) is 29.3 Å². The molecule has 1 aromatic rings. The van der Waals surface area contributed by atoms with Crippen LogP contribution in [0.2, 0.25) is 0 Å². The minimum Gasteiger partial charge on any atom is -0.469 e. The molecule has 0 fully saturated rings. The Morgan fingerprint density at radius 1 is 1.55 bits per heavy atom. The number of pyridine rings is 1. The largest absolute Gasteiger partial charge is 0.573 e. The minimum absolute atomic E-state index is 0.0707. The molecule has 0 spiro atoms. The maximum Gasteiger partial charge on any atom is 0.573 e. The van der Waals surface area contributed by atoms with E-state index >= 15 is 0 Å². The van der Waals surface area contributed by atoms with E-state index in [4.69, 9.17) is 0 Å². The first kappa shape index (κ1) is 16.4. The number of rotatable bonds is 4. The molecule has 0 saturated heterocycles. The van der Waals surface area contributed by atoms with Gasteiger partial charge in [-0.3, -0.25) is 19.9 Å². The van der Waals surface area contributed by atoms with Gasteiger partial charge in [0.2, 0.25) is 5.75 Å². The summed E-state index contributed by atoms with van der Waals surface area (Å²) in [6.07, 6.45) is -4.94. The summed E-state index contributed by atoms with van der Waals surface area (Å²) >= 11 is 1.42. The van der Waals surface area contributed by atoms with Gasteiger partial charge in [0, 0.05) is 0 Å². The average Bonchev–Trinajstić information content (AvgIpc) is 2.30. The number of carbonyl (C=O) groups excluding carboxylic acids is 1. The number of ether oxygens (including phenoxy) is 2. The summed E-state index contributed by atoms with van der Waals surface area (Å²) in [4.78, 5) is 24.4. The first-order valence-corrected chi connectivity index (χ1v) is 5.88. The molecule has 0 aromatic carbocycles. The van der Waals surface area contributed by atoms with E-state index in [0.29, 0.717) is 6.20 Å². The highest BCUT2D eigenvalue weighted by molar-refractivity contribution is 14.1. The highest BCUT2D eigenvalue weighted by Gasteiger charge is 2.36. The Bertz CT molecular complexity index is 549. The van der Waals surface area contributed by atoms with E-state index in [9.17, 15) is 28.1 Å². The van der Waals surface area contributed by atoms with Crippen LogP contribution in [0.3, 0.4) is 0 Å². The van der Waals surface area contributed by atoms with Gasteiger partial charge in [-0.15, -0.1) is 13.2 Å². The van der Waals surface area contributed by atoms with E-state index < -0.39 is 35.1 Å². The lowest BCUT2D eigenvalue weighted by atomic mass is 10.2. The van der Waals surface area contributed by atoms with E-state index in [0.717, 1.165) is 7.11 Å². The van der Waals surface area contributed by atoms with Crippen molar-refractivity contribution in [1.82, 2.24) is 4.98 Å². The highest BCUT2D eigenvalue weighted by atomic mass is 127. The minimum atomic E-state index is -5.08. The smallest absolute Gasteiger partial charge is 0.469 e. The fourth-order valence-corrected chi connectivity index (χ4v) is 1.99. The molecule has 1 heterocycles. The van der Waals surface area contributed by atoms with Crippen LogP contribution in [0.1, 0.15) is 5.69 Å². The van der Waals surface area contributed by atoms with Crippen molar-refractivity contribution in [2.24, 2.45) is 0 Å². The SMILES string of the molecule is COC(=O)Cc1ncc(OC(F)(F)F)c([N+](=O)[O-])c1I. The van der Waals surface area contributed by atoms with Crippen LogP contribution >= 0.6 is 22.6 Å². The van der Waals surface area contributed by atoms with Crippen LogP contribution in [0.5, 0.6) is 5.75 Å². The van der Waals surface area contributed by atoms with Crippen molar-refractivity contribution in [3.8, 4) is 5.75 Å². The molecule has 1 rings (SSSR count). The number of alkyl halides is 3. The normalized spacial score (nSPS) is 11.1. The molecular weight excluding hydrogens is 400 g/mol. The van der Waals surface area contributed by atoms with Gasteiger partial charge in [0.1, 0.15) is 3.57 Å². The third-order valence-corrected chi connectivity index (χ3v) is 3.11. The number of methoxy groups -OCH3 is 1. The number of halogens is 4. The van der Waals surface area contributed by atoms with Gasteiger partial charge in [-0.2, -0.15) is 0 Å². The van der Waals surface area contributed by atoms with Crippen LogP contribution in [0.4, 0.5) is 18.9 Å². The predicted octanol–water partition coefficient (Wildman–Crippen LogP) is 2.21. The zero-order chi connectivity index (χ0) is 15.5. The van der Waals surface area contributed by atoms with Gasteiger partial charge in [0.15, 0.2) is 0 Å². The van der Waals surface area contributed by atoms with Crippen molar-refractivity contribution in [1.29, 1.82) is 0 Å². The van der Waals surface area contributed by atoms with Crippen LogP contribution in [0, 0.1) is 13.7 Å². The number of carbonyl (C=O) groups is 1. The fraction of sp³-hybridized carbons (Fsp3) is 0.333. The second-order valence-corrected chi connectivity index (χ2v) is 4.37. The van der Waals surface area contributed by atoms with Gasteiger partial charge >= 0.3 is 18.0 Å². The molecular formula is C9H6F3IN2O5. The molecule has 0 radical (unpaired) electrons. The number of nitro groups is 1. The van der Waals surface area contributed by atoms with E-state index in [-0.39, 0.29) is 9.26 Å². The first-order valence-electron chi connectivity index (χ1n) is 4.80. The molecule has 110 valence electrons. The molecule has 0 aliphatic heterocycles. The van der Waals surface area contributed by atoms with E-state index in [1.807, 2.05) is 0 Å². The molecule has 20 heavy (non-hydrogen) atoms. The summed E-state index contributed by atoms with van der Waals surface area (Å²) in [5.74, 6) is -1.77. The number of aromatic nitrogens is 1. The lowest BCUT2D eigenvalue weighted by Crippen LogP contribution is -2.19. The van der Waals surface area contributed by atoms with Crippen molar-refractivity contribution in [3.05, 3.63) is 25.6 Å². The number of esters is 1. The third-order valence-electron chi connectivity index (χ3n) is 1.98. The van der Waals surface area contributed by atoms with Crippen molar-refractivity contribution >= 4 is 34.2 Å². The summed E-state index contributed by atoms with van der Waals surface area (Å²) in [6, 6.07) is 0. The Morgan fingerprint density at radius 2 is 2.15 bits per heavy atom. The quantitative estimate of drug-likeness (QED) is 0.330. The zero-order valence-corrected chi connectivity index (χ0v) is 11.9. The molecule has 7 nitrogen and oxygen atoms in total. The Hall–Kier alpha value is -1.66. The van der Waals surface area contributed by atoms with E-state index in [1.54, 1.807) is 0 Å². The van der Waals surface area contributed by atoms with Crippen molar-refractivity contribution in [2.45, 2.75) is 12.8 Å². The van der Waals surface area contributed by atoms with Gasteiger partial charge in [-0.25, -0.2) is 0 Å². The topological polar surface area (TPSA) is 91.6 Å². The van der Waals surface area contributed by atoms with Crippen LogP contribution < -0.4 is 4.74 Å². The molecule has 0 aliphatic carbocycles. The van der Waals surface area contributed by atoms with Crippen LogP contribution in [0.25, 0.3) is 0 Å².